The summed E-state index contributed by atoms with van der Waals surface area (Å²) in [5.41, 5.74) is 0.534. The SMILES string of the molecule is OC(Cc1cccc(F)c1Cl)c1ncccn1. The summed E-state index contributed by atoms with van der Waals surface area (Å²) in [6.07, 6.45) is 2.37. The fourth-order valence-electron chi connectivity index (χ4n) is 1.49. The van der Waals surface area contributed by atoms with Gasteiger partial charge >= 0.3 is 0 Å². The predicted octanol–water partition coefficient (Wildman–Crippen LogP) is 2.55. The van der Waals surface area contributed by atoms with E-state index in [1.807, 2.05) is 0 Å². The highest BCUT2D eigenvalue weighted by atomic mass is 35.5. The molecular formula is C12H10ClFN2O. The molecular weight excluding hydrogens is 243 g/mol. The molecule has 17 heavy (non-hydrogen) atoms. The monoisotopic (exact) mass is 252 g/mol. The second-order valence-corrected chi connectivity index (χ2v) is 3.92. The maximum atomic E-state index is 13.2. The van der Waals surface area contributed by atoms with Gasteiger partial charge in [-0.25, -0.2) is 14.4 Å². The molecule has 1 aromatic carbocycles. The average Bonchev–Trinajstić information content (AvgIpc) is 2.36. The van der Waals surface area contributed by atoms with E-state index in [-0.39, 0.29) is 11.4 Å². The van der Waals surface area contributed by atoms with Crippen LogP contribution in [0.25, 0.3) is 0 Å². The molecule has 1 N–H and O–H groups in total. The second kappa shape index (κ2) is 5.21. The summed E-state index contributed by atoms with van der Waals surface area (Å²) < 4.78 is 13.2. The summed E-state index contributed by atoms with van der Waals surface area (Å²) in [6, 6.07) is 6.15. The van der Waals surface area contributed by atoms with Gasteiger partial charge in [0.25, 0.3) is 0 Å². The second-order valence-electron chi connectivity index (χ2n) is 3.54. The third kappa shape index (κ3) is 2.78. The van der Waals surface area contributed by atoms with Crippen LogP contribution in [-0.2, 0) is 6.42 Å². The first kappa shape index (κ1) is 12.0. The van der Waals surface area contributed by atoms with Crippen molar-refractivity contribution in [2.45, 2.75) is 12.5 Å². The number of aliphatic hydroxyl groups is 1. The first-order valence-corrected chi connectivity index (χ1v) is 5.44. The van der Waals surface area contributed by atoms with Crippen molar-refractivity contribution in [1.29, 1.82) is 0 Å². The average molecular weight is 253 g/mol. The molecule has 0 aliphatic rings. The highest BCUT2D eigenvalue weighted by Crippen LogP contribution is 2.24. The standard InChI is InChI=1S/C12H10ClFN2O/c13-11-8(3-1-4-9(11)14)7-10(17)12-15-5-2-6-16-12/h1-6,10,17H,7H2. The van der Waals surface area contributed by atoms with Crippen molar-refractivity contribution in [2.24, 2.45) is 0 Å². The third-order valence-corrected chi connectivity index (χ3v) is 2.75. The minimum Gasteiger partial charge on any atom is -0.385 e. The van der Waals surface area contributed by atoms with E-state index in [1.54, 1.807) is 30.6 Å². The Morgan fingerprint density at radius 3 is 2.65 bits per heavy atom. The highest BCUT2D eigenvalue weighted by molar-refractivity contribution is 6.31. The minimum absolute atomic E-state index is 0.0301. The summed E-state index contributed by atoms with van der Waals surface area (Å²) in [6.45, 7) is 0. The summed E-state index contributed by atoms with van der Waals surface area (Å²) in [4.78, 5) is 7.86. The zero-order valence-electron chi connectivity index (χ0n) is 8.85. The Labute approximate surface area is 103 Å². The molecule has 3 nitrogen and oxygen atoms in total. The Kier molecular flexibility index (Phi) is 3.66. The van der Waals surface area contributed by atoms with Gasteiger partial charge in [-0.1, -0.05) is 23.7 Å². The third-order valence-electron chi connectivity index (χ3n) is 2.33. The van der Waals surface area contributed by atoms with E-state index in [9.17, 15) is 9.50 Å². The van der Waals surface area contributed by atoms with Gasteiger partial charge in [-0.15, -0.1) is 0 Å². The van der Waals surface area contributed by atoms with E-state index < -0.39 is 11.9 Å². The van der Waals surface area contributed by atoms with Gasteiger partial charge in [-0.05, 0) is 17.7 Å². The van der Waals surface area contributed by atoms with Gasteiger partial charge in [0.2, 0.25) is 0 Å². The van der Waals surface area contributed by atoms with E-state index >= 15 is 0 Å². The molecule has 1 unspecified atom stereocenters. The van der Waals surface area contributed by atoms with Crippen molar-refractivity contribution < 1.29 is 9.50 Å². The smallest absolute Gasteiger partial charge is 0.157 e. The zero-order valence-corrected chi connectivity index (χ0v) is 9.60. The van der Waals surface area contributed by atoms with Crippen LogP contribution in [0.4, 0.5) is 4.39 Å². The summed E-state index contributed by atoms with van der Waals surface area (Å²) in [7, 11) is 0. The van der Waals surface area contributed by atoms with E-state index in [2.05, 4.69) is 9.97 Å². The minimum atomic E-state index is -0.893. The molecule has 0 amide bonds. The van der Waals surface area contributed by atoms with Crippen LogP contribution in [0, 0.1) is 5.82 Å². The van der Waals surface area contributed by atoms with Crippen molar-refractivity contribution in [1.82, 2.24) is 9.97 Å². The van der Waals surface area contributed by atoms with Crippen LogP contribution in [0.1, 0.15) is 17.5 Å². The molecule has 0 saturated heterocycles. The molecule has 0 spiro atoms. The molecule has 2 aromatic rings. The number of hydrogen-bond acceptors (Lipinski definition) is 3. The largest absolute Gasteiger partial charge is 0.385 e. The molecule has 0 fully saturated rings. The van der Waals surface area contributed by atoms with Gasteiger partial charge in [0, 0.05) is 18.8 Å². The lowest BCUT2D eigenvalue weighted by atomic mass is 10.1. The quantitative estimate of drug-likeness (QED) is 0.913. The number of benzene rings is 1. The van der Waals surface area contributed by atoms with Crippen LogP contribution in [0.3, 0.4) is 0 Å². The molecule has 1 heterocycles. The Hall–Kier alpha value is -1.52. The Morgan fingerprint density at radius 2 is 1.94 bits per heavy atom. The van der Waals surface area contributed by atoms with Crippen LogP contribution in [0.2, 0.25) is 5.02 Å². The highest BCUT2D eigenvalue weighted by Gasteiger charge is 2.14. The normalized spacial score (nSPS) is 12.4. The van der Waals surface area contributed by atoms with Gasteiger partial charge in [-0.3, -0.25) is 0 Å². The van der Waals surface area contributed by atoms with Crippen molar-refractivity contribution in [3.63, 3.8) is 0 Å². The zero-order chi connectivity index (χ0) is 12.3. The fraction of sp³-hybridized carbons (Fsp3) is 0.167. The molecule has 1 aromatic heterocycles. The van der Waals surface area contributed by atoms with E-state index in [1.165, 1.54) is 6.07 Å². The molecule has 2 rings (SSSR count). The van der Waals surface area contributed by atoms with Gasteiger partial charge in [0.15, 0.2) is 5.82 Å². The van der Waals surface area contributed by atoms with Crippen LogP contribution in [0.15, 0.2) is 36.7 Å². The van der Waals surface area contributed by atoms with Crippen molar-refractivity contribution in [3.05, 3.63) is 58.9 Å². The summed E-state index contributed by atoms with van der Waals surface area (Å²) in [5, 5.41) is 9.91. The molecule has 0 bridgehead atoms. The predicted molar refractivity (Wildman–Crippen MR) is 62.1 cm³/mol. The molecule has 0 radical (unpaired) electrons. The lowest BCUT2D eigenvalue weighted by molar-refractivity contribution is 0.168. The topological polar surface area (TPSA) is 46.0 Å². The molecule has 1 atom stereocenters. The number of aromatic nitrogens is 2. The number of halogens is 2. The van der Waals surface area contributed by atoms with Crippen LogP contribution in [-0.4, -0.2) is 15.1 Å². The van der Waals surface area contributed by atoms with E-state index in [0.717, 1.165) is 0 Å². The number of rotatable bonds is 3. The first-order chi connectivity index (χ1) is 8.18. The van der Waals surface area contributed by atoms with Gasteiger partial charge in [0.05, 0.1) is 5.02 Å². The van der Waals surface area contributed by atoms with Gasteiger partial charge in [0.1, 0.15) is 11.9 Å². The van der Waals surface area contributed by atoms with Crippen molar-refractivity contribution in [2.75, 3.05) is 0 Å². The molecule has 0 aliphatic carbocycles. The maximum Gasteiger partial charge on any atom is 0.157 e. The number of hydrogen-bond donors (Lipinski definition) is 1. The van der Waals surface area contributed by atoms with Crippen LogP contribution >= 0.6 is 11.6 Å². The molecule has 0 saturated carbocycles. The molecule has 0 aliphatic heterocycles. The summed E-state index contributed by atoms with van der Waals surface area (Å²) in [5.74, 6) is -0.196. The van der Waals surface area contributed by atoms with E-state index in [4.69, 9.17) is 11.6 Å². The van der Waals surface area contributed by atoms with Crippen molar-refractivity contribution >= 4 is 11.6 Å². The van der Waals surface area contributed by atoms with Crippen molar-refractivity contribution in [3.8, 4) is 0 Å². The Morgan fingerprint density at radius 1 is 1.24 bits per heavy atom. The Balaban J connectivity index is 2.19. The molecule has 5 heteroatoms. The lowest BCUT2D eigenvalue weighted by Crippen LogP contribution is -2.06. The van der Waals surface area contributed by atoms with Crippen LogP contribution in [0.5, 0.6) is 0 Å². The molecule has 88 valence electrons. The van der Waals surface area contributed by atoms with Crippen LogP contribution < -0.4 is 0 Å². The maximum absolute atomic E-state index is 13.2. The van der Waals surface area contributed by atoms with E-state index in [0.29, 0.717) is 11.4 Å². The lowest BCUT2D eigenvalue weighted by Gasteiger charge is -2.10. The fourth-order valence-corrected chi connectivity index (χ4v) is 1.69. The first-order valence-electron chi connectivity index (χ1n) is 5.06. The number of aliphatic hydroxyl groups excluding tert-OH is 1. The van der Waals surface area contributed by atoms with Gasteiger partial charge in [-0.2, -0.15) is 0 Å². The van der Waals surface area contributed by atoms with Gasteiger partial charge < -0.3 is 5.11 Å². The Bertz CT molecular complexity index is 507. The summed E-state index contributed by atoms with van der Waals surface area (Å²) >= 11 is 5.80. The number of nitrogens with zero attached hydrogens (tertiary/aromatic N) is 2.